The highest BCUT2D eigenvalue weighted by atomic mass is 79.9. The lowest BCUT2D eigenvalue weighted by Gasteiger charge is -2.08. The van der Waals surface area contributed by atoms with Gasteiger partial charge in [0.2, 0.25) is 0 Å². The Kier molecular flexibility index (Phi) is 4.21. The number of nitrogens with zero attached hydrogens (tertiary/aromatic N) is 1. The molecular weight excluding hydrogens is 312 g/mol. The summed E-state index contributed by atoms with van der Waals surface area (Å²) in [5.41, 5.74) is 1.26. The Hall–Kier alpha value is -1.82. The number of benzene rings is 1. The van der Waals surface area contributed by atoms with E-state index in [0.29, 0.717) is 23.6 Å². The zero-order valence-electron chi connectivity index (χ0n) is 10.6. The zero-order chi connectivity index (χ0) is 13.8. The fourth-order valence-electron chi connectivity index (χ4n) is 1.61. The van der Waals surface area contributed by atoms with Gasteiger partial charge in [-0.05, 0) is 25.1 Å². The van der Waals surface area contributed by atoms with Crippen molar-refractivity contribution in [2.45, 2.75) is 13.5 Å². The summed E-state index contributed by atoms with van der Waals surface area (Å²) in [4.78, 5) is 12.0. The number of hydrogen-bond donors (Lipinski definition) is 1. The van der Waals surface area contributed by atoms with E-state index in [2.05, 4.69) is 26.4 Å². The Morgan fingerprint density at radius 3 is 2.89 bits per heavy atom. The van der Waals surface area contributed by atoms with Crippen LogP contribution >= 0.6 is 15.9 Å². The maximum Gasteiger partial charge on any atom is 0.255 e. The summed E-state index contributed by atoms with van der Waals surface area (Å²) in [6.45, 7) is 2.12. The van der Waals surface area contributed by atoms with Crippen LogP contribution in [-0.2, 0) is 6.54 Å². The lowest BCUT2D eigenvalue weighted by molar-refractivity contribution is 0.0944. The predicted octanol–water partition coefficient (Wildman–Crippen LogP) is 2.68. The van der Waals surface area contributed by atoms with Crippen LogP contribution in [0.5, 0.6) is 5.75 Å². The van der Waals surface area contributed by atoms with E-state index in [1.807, 2.05) is 6.92 Å². The molecule has 2 rings (SSSR count). The van der Waals surface area contributed by atoms with Gasteiger partial charge < -0.3 is 14.6 Å². The van der Waals surface area contributed by atoms with Gasteiger partial charge >= 0.3 is 0 Å². The van der Waals surface area contributed by atoms with E-state index in [1.165, 1.54) is 7.11 Å². The van der Waals surface area contributed by atoms with Crippen LogP contribution in [0, 0.1) is 6.92 Å². The number of aryl methyl sites for hydroxylation is 1. The van der Waals surface area contributed by atoms with Gasteiger partial charge in [-0.3, -0.25) is 4.79 Å². The number of aromatic nitrogens is 1. The van der Waals surface area contributed by atoms with Gasteiger partial charge in [-0.15, -0.1) is 0 Å². The van der Waals surface area contributed by atoms with E-state index in [-0.39, 0.29) is 5.91 Å². The van der Waals surface area contributed by atoms with Gasteiger partial charge in [-0.25, -0.2) is 0 Å². The third kappa shape index (κ3) is 3.35. The second-order valence-electron chi connectivity index (χ2n) is 3.96. The highest BCUT2D eigenvalue weighted by Crippen LogP contribution is 2.23. The van der Waals surface area contributed by atoms with Crippen LogP contribution in [0.1, 0.15) is 21.8 Å². The summed E-state index contributed by atoms with van der Waals surface area (Å²) >= 11 is 3.33. The van der Waals surface area contributed by atoms with Crippen molar-refractivity contribution in [1.82, 2.24) is 10.5 Å². The van der Waals surface area contributed by atoms with Gasteiger partial charge in [0.15, 0.2) is 5.76 Å². The molecule has 0 radical (unpaired) electrons. The number of carbonyl (C=O) groups excluding carboxylic acids is 1. The van der Waals surface area contributed by atoms with Crippen LogP contribution < -0.4 is 10.1 Å². The molecule has 2 aromatic rings. The summed E-state index contributed by atoms with van der Waals surface area (Å²) in [5, 5.41) is 6.51. The molecule has 100 valence electrons. The van der Waals surface area contributed by atoms with Gasteiger partial charge in [0, 0.05) is 10.5 Å². The SMILES string of the molecule is COc1cc(Br)ccc1C(=O)NCc1cc(C)no1. The summed E-state index contributed by atoms with van der Waals surface area (Å²) < 4.78 is 11.1. The number of halogens is 1. The molecule has 0 atom stereocenters. The molecule has 1 N–H and O–H groups in total. The zero-order valence-corrected chi connectivity index (χ0v) is 12.2. The monoisotopic (exact) mass is 324 g/mol. The second kappa shape index (κ2) is 5.88. The quantitative estimate of drug-likeness (QED) is 0.939. The molecule has 0 unspecified atom stereocenters. The number of ether oxygens (including phenoxy) is 1. The third-order valence-electron chi connectivity index (χ3n) is 2.51. The van der Waals surface area contributed by atoms with Crippen molar-refractivity contribution in [3.63, 3.8) is 0 Å². The van der Waals surface area contributed by atoms with Gasteiger partial charge in [-0.2, -0.15) is 0 Å². The van der Waals surface area contributed by atoms with Crippen LogP contribution in [0.15, 0.2) is 33.3 Å². The largest absolute Gasteiger partial charge is 0.496 e. The fourth-order valence-corrected chi connectivity index (χ4v) is 1.95. The van der Waals surface area contributed by atoms with Crippen LogP contribution in [0.2, 0.25) is 0 Å². The average Bonchev–Trinajstić information content (AvgIpc) is 2.81. The minimum Gasteiger partial charge on any atom is -0.496 e. The Balaban J connectivity index is 2.07. The highest BCUT2D eigenvalue weighted by Gasteiger charge is 2.13. The first-order chi connectivity index (χ1) is 9.10. The maximum atomic E-state index is 12.0. The van der Waals surface area contributed by atoms with Crippen molar-refractivity contribution in [3.05, 3.63) is 45.8 Å². The molecule has 0 aliphatic heterocycles. The molecule has 0 spiro atoms. The van der Waals surface area contributed by atoms with Crippen LogP contribution in [-0.4, -0.2) is 18.2 Å². The van der Waals surface area contributed by atoms with E-state index >= 15 is 0 Å². The maximum absolute atomic E-state index is 12.0. The average molecular weight is 325 g/mol. The Morgan fingerprint density at radius 2 is 2.26 bits per heavy atom. The third-order valence-corrected chi connectivity index (χ3v) is 3.00. The number of hydrogen-bond acceptors (Lipinski definition) is 4. The van der Waals surface area contributed by atoms with Crippen molar-refractivity contribution in [2.24, 2.45) is 0 Å². The van der Waals surface area contributed by atoms with Crippen molar-refractivity contribution in [1.29, 1.82) is 0 Å². The number of nitrogens with one attached hydrogen (secondary N) is 1. The normalized spacial score (nSPS) is 10.3. The van der Waals surface area contributed by atoms with Crippen LogP contribution in [0.4, 0.5) is 0 Å². The minimum absolute atomic E-state index is 0.224. The molecule has 1 aromatic heterocycles. The molecule has 5 nitrogen and oxygen atoms in total. The van der Waals surface area contributed by atoms with E-state index in [9.17, 15) is 4.79 Å². The Labute approximate surface area is 119 Å². The highest BCUT2D eigenvalue weighted by molar-refractivity contribution is 9.10. The fraction of sp³-hybridized carbons (Fsp3) is 0.231. The first-order valence-electron chi connectivity index (χ1n) is 5.64. The number of carbonyl (C=O) groups is 1. The molecule has 0 aliphatic carbocycles. The van der Waals surface area contributed by atoms with Gasteiger partial charge in [0.25, 0.3) is 5.91 Å². The van der Waals surface area contributed by atoms with Gasteiger partial charge in [-0.1, -0.05) is 21.1 Å². The Bertz CT molecular complexity index is 595. The van der Waals surface area contributed by atoms with Crippen molar-refractivity contribution >= 4 is 21.8 Å². The van der Waals surface area contributed by atoms with Gasteiger partial charge in [0.05, 0.1) is 24.9 Å². The van der Waals surface area contributed by atoms with Crippen LogP contribution in [0.3, 0.4) is 0 Å². The first-order valence-corrected chi connectivity index (χ1v) is 6.43. The molecular formula is C13H13BrN2O3. The van der Waals surface area contributed by atoms with Crippen LogP contribution in [0.25, 0.3) is 0 Å². The molecule has 19 heavy (non-hydrogen) atoms. The Morgan fingerprint density at radius 1 is 1.47 bits per heavy atom. The molecule has 1 heterocycles. The minimum atomic E-state index is -0.224. The number of rotatable bonds is 4. The lowest BCUT2D eigenvalue weighted by Crippen LogP contribution is -2.23. The summed E-state index contributed by atoms with van der Waals surface area (Å²) in [7, 11) is 1.53. The summed E-state index contributed by atoms with van der Waals surface area (Å²) in [6.07, 6.45) is 0. The summed E-state index contributed by atoms with van der Waals surface area (Å²) in [5.74, 6) is 0.904. The molecule has 0 bridgehead atoms. The van der Waals surface area contributed by atoms with Crippen molar-refractivity contribution in [3.8, 4) is 5.75 Å². The number of amides is 1. The molecule has 0 fully saturated rings. The van der Waals surface area contributed by atoms with E-state index < -0.39 is 0 Å². The van der Waals surface area contributed by atoms with Gasteiger partial charge in [0.1, 0.15) is 5.75 Å². The van der Waals surface area contributed by atoms with E-state index in [4.69, 9.17) is 9.26 Å². The van der Waals surface area contributed by atoms with Crippen molar-refractivity contribution in [2.75, 3.05) is 7.11 Å². The first kappa shape index (κ1) is 13.6. The molecule has 6 heteroatoms. The molecule has 1 aromatic carbocycles. The molecule has 1 amide bonds. The lowest BCUT2D eigenvalue weighted by atomic mass is 10.2. The predicted molar refractivity (Wildman–Crippen MR) is 73.1 cm³/mol. The van der Waals surface area contributed by atoms with E-state index in [1.54, 1.807) is 24.3 Å². The number of methoxy groups -OCH3 is 1. The summed E-state index contributed by atoms with van der Waals surface area (Å²) in [6, 6.07) is 7.01. The standard InChI is InChI=1S/C13H13BrN2O3/c1-8-5-10(19-16-8)7-15-13(17)11-4-3-9(14)6-12(11)18-2/h3-6H,7H2,1-2H3,(H,15,17). The molecule has 0 saturated heterocycles. The second-order valence-corrected chi connectivity index (χ2v) is 4.88. The topological polar surface area (TPSA) is 64.4 Å². The molecule has 0 aliphatic rings. The smallest absolute Gasteiger partial charge is 0.255 e. The van der Waals surface area contributed by atoms with E-state index in [0.717, 1.165) is 10.2 Å². The molecule has 0 saturated carbocycles. The van der Waals surface area contributed by atoms with Crippen molar-refractivity contribution < 1.29 is 14.1 Å².